The molecule has 0 aromatic carbocycles. The Labute approximate surface area is 118 Å². The van der Waals surface area contributed by atoms with Gasteiger partial charge in [-0.25, -0.2) is 4.98 Å². The second-order valence-corrected chi connectivity index (χ2v) is 6.31. The Morgan fingerprint density at radius 3 is 3.16 bits per heavy atom. The highest BCUT2D eigenvalue weighted by Gasteiger charge is 2.22. The molecule has 1 unspecified atom stereocenters. The maximum Gasteiger partial charge on any atom is 0.226 e. The highest BCUT2D eigenvalue weighted by molar-refractivity contribution is 7.15. The molecule has 0 saturated carbocycles. The first-order valence-electron chi connectivity index (χ1n) is 7.21. The fourth-order valence-corrected chi connectivity index (χ4v) is 3.73. The standard InChI is InChI=1S/C14H23N3OS/c1-2-4-10-6-7-11-12(9-10)19-14(16-11)17-13(18)5-3-8-15/h10H,2-9,15H2,1H3,(H,16,17,18). The molecule has 0 aliphatic heterocycles. The third-order valence-corrected chi connectivity index (χ3v) is 4.63. The van der Waals surface area contributed by atoms with Gasteiger partial charge in [-0.1, -0.05) is 19.8 Å². The van der Waals surface area contributed by atoms with Crippen molar-refractivity contribution in [3.63, 3.8) is 0 Å². The molecule has 0 bridgehead atoms. The minimum Gasteiger partial charge on any atom is -0.330 e. The lowest BCUT2D eigenvalue weighted by Gasteiger charge is -2.19. The molecule has 1 aliphatic rings. The molecule has 0 spiro atoms. The second kappa shape index (κ2) is 7.01. The number of hydrogen-bond acceptors (Lipinski definition) is 4. The number of nitrogens with two attached hydrogens (primary N) is 1. The predicted molar refractivity (Wildman–Crippen MR) is 79.5 cm³/mol. The molecule has 2 rings (SSSR count). The summed E-state index contributed by atoms with van der Waals surface area (Å²) in [6.07, 6.45) is 7.21. The van der Waals surface area contributed by atoms with Crippen molar-refractivity contribution in [3.8, 4) is 0 Å². The summed E-state index contributed by atoms with van der Waals surface area (Å²) >= 11 is 1.65. The van der Waals surface area contributed by atoms with Gasteiger partial charge >= 0.3 is 0 Å². The molecule has 0 fully saturated rings. The molecular weight excluding hydrogens is 258 g/mol. The lowest BCUT2D eigenvalue weighted by Crippen LogP contribution is -2.13. The summed E-state index contributed by atoms with van der Waals surface area (Å²) in [5.41, 5.74) is 6.60. The Bertz CT molecular complexity index is 430. The Balaban J connectivity index is 1.93. The van der Waals surface area contributed by atoms with Crippen LogP contribution in [0.2, 0.25) is 0 Å². The van der Waals surface area contributed by atoms with Gasteiger partial charge < -0.3 is 11.1 Å². The van der Waals surface area contributed by atoms with E-state index in [4.69, 9.17) is 5.73 Å². The van der Waals surface area contributed by atoms with E-state index in [1.165, 1.54) is 29.8 Å². The summed E-state index contributed by atoms with van der Waals surface area (Å²) in [5.74, 6) is 0.834. The number of thiazole rings is 1. The van der Waals surface area contributed by atoms with E-state index in [-0.39, 0.29) is 5.91 Å². The van der Waals surface area contributed by atoms with E-state index >= 15 is 0 Å². The topological polar surface area (TPSA) is 68.0 Å². The molecule has 0 saturated heterocycles. The van der Waals surface area contributed by atoms with Crippen molar-refractivity contribution >= 4 is 22.4 Å². The number of fused-ring (bicyclic) bond motifs is 1. The molecule has 0 radical (unpaired) electrons. The van der Waals surface area contributed by atoms with E-state index in [0.29, 0.717) is 13.0 Å². The molecular formula is C14H23N3OS. The van der Waals surface area contributed by atoms with Crippen molar-refractivity contribution in [1.82, 2.24) is 4.98 Å². The van der Waals surface area contributed by atoms with Crippen LogP contribution in [-0.4, -0.2) is 17.4 Å². The number of nitrogens with zero attached hydrogens (tertiary/aromatic N) is 1. The molecule has 1 aromatic rings. The number of nitrogens with one attached hydrogen (secondary N) is 1. The number of carbonyl (C=O) groups excluding carboxylic acids is 1. The lowest BCUT2D eigenvalue weighted by molar-refractivity contribution is -0.116. The van der Waals surface area contributed by atoms with Crippen molar-refractivity contribution < 1.29 is 4.79 Å². The van der Waals surface area contributed by atoms with Gasteiger partial charge in [0.1, 0.15) is 0 Å². The molecule has 3 N–H and O–H groups in total. The van der Waals surface area contributed by atoms with E-state index in [1.54, 1.807) is 11.3 Å². The summed E-state index contributed by atoms with van der Waals surface area (Å²) in [4.78, 5) is 17.6. The number of carbonyl (C=O) groups is 1. The highest BCUT2D eigenvalue weighted by atomic mass is 32.1. The smallest absolute Gasteiger partial charge is 0.226 e. The molecule has 106 valence electrons. The lowest BCUT2D eigenvalue weighted by atomic mass is 9.88. The Morgan fingerprint density at radius 2 is 2.42 bits per heavy atom. The van der Waals surface area contributed by atoms with Gasteiger partial charge in [-0.15, -0.1) is 11.3 Å². The average Bonchev–Trinajstić information content (AvgIpc) is 2.78. The molecule has 1 amide bonds. The van der Waals surface area contributed by atoms with Gasteiger partial charge in [0.2, 0.25) is 5.91 Å². The van der Waals surface area contributed by atoms with Crippen LogP contribution in [0.1, 0.15) is 49.6 Å². The van der Waals surface area contributed by atoms with Gasteiger partial charge in [-0.3, -0.25) is 4.79 Å². The van der Waals surface area contributed by atoms with Crippen molar-refractivity contribution in [2.45, 2.75) is 51.9 Å². The molecule has 19 heavy (non-hydrogen) atoms. The third kappa shape index (κ3) is 4.01. The van der Waals surface area contributed by atoms with Crippen molar-refractivity contribution in [1.29, 1.82) is 0 Å². The van der Waals surface area contributed by atoms with Crippen LogP contribution in [0.4, 0.5) is 5.13 Å². The predicted octanol–water partition coefficient (Wildman–Crippen LogP) is 2.73. The first kappa shape index (κ1) is 14.5. The maximum absolute atomic E-state index is 11.7. The zero-order valence-electron chi connectivity index (χ0n) is 11.6. The first-order chi connectivity index (χ1) is 9.22. The largest absolute Gasteiger partial charge is 0.330 e. The van der Waals surface area contributed by atoms with Crippen LogP contribution in [0, 0.1) is 5.92 Å². The van der Waals surface area contributed by atoms with Crippen LogP contribution < -0.4 is 11.1 Å². The zero-order chi connectivity index (χ0) is 13.7. The summed E-state index contributed by atoms with van der Waals surface area (Å²) in [7, 11) is 0. The monoisotopic (exact) mass is 281 g/mol. The van der Waals surface area contributed by atoms with Crippen LogP contribution in [0.3, 0.4) is 0 Å². The fraction of sp³-hybridized carbons (Fsp3) is 0.714. The summed E-state index contributed by atoms with van der Waals surface area (Å²) < 4.78 is 0. The number of aryl methyl sites for hydroxylation is 1. The number of rotatable bonds is 6. The second-order valence-electron chi connectivity index (χ2n) is 5.23. The molecule has 1 aromatic heterocycles. The van der Waals surface area contributed by atoms with Crippen LogP contribution in [0.15, 0.2) is 0 Å². The van der Waals surface area contributed by atoms with Gasteiger partial charge in [-0.2, -0.15) is 0 Å². The van der Waals surface area contributed by atoms with Crippen LogP contribution >= 0.6 is 11.3 Å². The van der Waals surface area contributed by atoms with Crippen LogP contribution in [0.5, 0.6) is 0 Å². The summed E-state index contributed by atoms with van der Waals surface area (Å²) in [6, 6.07) is 0. The van der Waals surface area contributed by atoms with Gasteiger partial charge in [0.15, 0.2) is 5.13 Å². The van der Waals surface area contributed by atoms with E-state index in [1.807, 2.05) is 0 Å². The van der Waals surface area contributed by atoms with E-state index < -0.39 is 0 Å². The SMILES string of the molecule is CCCC1CCc2nc(NC(=O)CCCN)sc2C1. The van der Waals surface area contributed by atoms with Gasteiger partial charge in [0.05, 0.1) is 5.69 Å². The van der Waals surface area contributed by atoms with Gasteiger partial charge in [0, 0.05) is 11.3 Å². The summed E-state index contributed by atoms with van der Waals surface area (Å²) in [6.45, 7) is 2.80. The van der Waals surface area contributed by atoms with Gasteiger partial charge in [0.25, 0.3) is 0 Å². The normalized spacial score (nSPS) is 18.1. The molecule has 5 heteroatoms. The number of amides is 1. The summed E-state index contributed by atoms with van der Waals surface area (Å²) in [5, 5.41) is 3.66. The van der Waals surface area contributed by atoms with Crippen molar-refractivity contribution in [3.05, 3.63) is 10.6 Å². The fourth-order valence-electron chi connectivity index (χ4n) is 2.60. The molecule has 1 atom stereocenters. The number of anilines is 1. The third-order valence-electron chi connectivity index (χ3n) is 3.59. The van der Waals surface area contributed by atoms with Crippen molar-refractivity contribution in [2.75, 3.05) is 11.9 Å². The Morgan fingerprint density at radius 1 is 1.58 bits per heavy atom. The molecule has 1 heterocycles. The van der Waals surface area contributed by atoms with Gasteiger partial charge in [-0.05, 0) is 38.1 Å². The number of aromatic nitrogens is 1. The molecule has 4 nitrogen and oxygen atoms in total. The average molecular weight is 281 g/mol. The van der Waals surface area contributed by atoms with E-state index in [2.05, 4.69) is 17.2 Å². The quantitative estimate of drug-likeness (QED) is 0.842. The molecule has 1 aliphatic carbocycles. The van der Waals surface area contributed by atoms with Crippen LogP contribution in [-0.2, 0) is 17.6 Å². The maximum atomic E-state index is 11.7. The number of hydrogen-bond donors (Lipinski definition) is 2. The Kier molecular flexibility index (Phi) is 5.34. The first-order valence-corrected chi connectivity index (χ1v) is 8.03. The minimum atomic E-state index is 0.0293. The van der Waals surface area contributed by atoms with Crippen molar-refractivity contribution in [2.24, 2.45) is 11.7 Å². The van der Waals surface area contributed by atoms with Crippen LogP contribution in [0.25, 0.3) is 0 Å². The Hall–Kier alpha value is -0.940. The zero-order valence-corrected chi connectivity index (χ0v) is 12.4. The minimum absolute atomic E-state index is 0.0293. The van der Waals surface area contributed by atoms with E-state index in [0.717, 1.165) is 30.3 Å². The van der Waals surface area contributed by atoms with E-state index in [9.17, 15) is 4.79 Å². The highest BCUT2D eigenvalue weighted by Crippen LogP contribution is 2.34.